The molecule has 1 amide bonds. The minimum atomic E-state index is 0.122. The van der Waals surface area contributed by atoms with Crippen LogP contribution in [-0.2, 0) is 5.75 Å². The molecule has 30 heavy (non-hydrogen) atoms. The van der Waals surface area contributed by atoms with Crippen molar-refractivity contribution in [3.05, 3.63) is 76.2 Å². The van der Waals surface area contributed by atoms with Gasteiger partial charge in [0.1, 0.15) is 5.75 Å². The lowest BCUT2D eigenvalue weighted by molar-refractivity contribution is 0.0630. The predicted molar refractivity (Wildman–Crippen MR) is 123 cm³/mol. The summed E-state index contributed by atoms with van der Waals surface area (Å²) < 4.78 is 5.94. The highest BCUT2D eigenvalue weighted by Crippen LogP contribution is 2.29. The van der Waals surface area contributed by atoms with Gasteiger partial charge in [-0.2, -0.15) is 0 Å². The predicted octanol–water partition coefficient (Wildman–Crippen LogP) is 5.68. The van der Waals surface area contributed by atoms with Crippen LogP contribution in [0.25, 0.3) is 0 Å². The Morgan fingerprint density at radius 1 is 1.20 bits per heavy atom. The number of aromatic nitrogens is 1. The van der Waals surface area contributed by atoms with E-state index >= 15 is 0 Å². The van der Waals surface area contributed by atoms with E-state index in [0.29, 0.717) is 12.5 Å². The molecule has 0 saturated carbocycles. The zero-order valence-electron chi connectivity index (χ0n) is 17.1. The first kappa shape index (κ1) is 20.9. The lowest BCUT2D eigenvalue weighted by Crippen LogP contribution is -2.41. The highest BCUT2D eigenvalue weighted by atomic mass is 32.2. The molecule has 4 rings (SSSR count). The number of thioether (sulfide) groups is 1. The molecule has 1 fully saturated rings. The van der Waals surface area contributed by atoms with Crippen molar-refractivity contribution in [1.82, 2.24) is 9.88 Å². The van der Waals surface area contributed by atoms with E-state index in [1.165, 1.54) is 0 Å². The normalized spacial score (nSPS) is 16.4. The molecule has 1 aliphatic rings. The Balaban J connectivity index is 1.38. The van der Waals surface area contributed by atoms with E-state index < -0.39 is 0 Å². The van der Waals surface area contributed by atoms with Crippen LogP contribution in [0.2, 0.25) is 0 Å². The van der Waals surface area contributed by atoms with Gasteiger partial charge in [-0.1, -0.05) is 30.3 Å². The number of amides is 1. The second-order valence-corrected chi connectivity index (χ2v) is 9.61. The van der Waals surface area contributed by atoms with E-state index in [9.17, 15) is 4.79 Å². The van der Waals surface area contributed by atoms with Crippen molar-refractivity contribution in [3.63, 3.8) is 0 Å². The number of carbonyl (C=O) groups excluding carboxylic acids is 1. The molecule has 1 aliphatic heterocycles. The number of carbonyl (C=O) groups is 1. The summed E-state index contributed by atoms with van der Waals surface area (Å²) in [6, 6.07) is 17.8. The van der Waals surface area contributed by atoms with Crippen molar-refractivity contribution in [3.8, 4) is 5.75 Å². The number of para-hydroxylation sites is 1. The highest BCUT2D eigenvalue weighted by molar-refractivity contribution is 7.98. The number of aryl methyl sites for hydroxylation is 1. The van der Waals surface area contributed by atoms with Crippen molar-refractivity contribution < 1.29 is 9.53 Å². The fraction of sp³-hybridized carbons (Fsp3) is 0.333. The molecule has 0 aliphatic carbocycles. The van der Waals surface area contributed by atoms with Gasteiger partial charge in [0, 0.05) is 35.0 Å². The lowest BCUT2D eigenvalue weighted by Gasteiger charge is -2.33. The Bertz CT molecular complexity index is 974. The van der Waals surface area contributed by atoms with E-state index in [4.69, 9.17) is 4.74 Å². The fourth-order valence-electron chi connectivity index (χ4n) is 3.68. The average molecular weight is 439 g/mol. The van der Waals surface area contributed by atoms with Gasteiger partial charge in [-0.15, -0.1) is 23.1 Å². The number of thiazole rings is 1. The Labute approximate surface area is 186 Å². The molecule has 1 saturated heterocycles. The van der Waals surface area contributed by atoms with Crippen molar-refractivity contribution in [2.24, 2.45) is 5.92 Å². The minimum Gasteiger partial charge on any atom is -0.493 e. The molecule has 1 unspecified atom stereocenters. The molecule has 2 aromatic carbocycles. The molecule has 2 heterocycles. The second-order valence-electron chi connectivity index (χ2n) is 7.53. The molecule has 1 aromatic heterocycles. The molecule has 156 valence electrons. The number of hydrogen-bond donors (Lipinski definition) is 0. The SMILES string of the molecule is Cc1nc(CSc2ccccc2C(=O)N2CCCC(COc3ccccc3)C2)cs1. The minimum absolute atomic E-state index is 0.122. The van der Waals surface area contributed by atoms with Crippen molar-refractivity contribution >= 4 is 29.0 Å². The van der Waals surface area contributed by atoms with Crippen LogP contribution in [0.4, 0.5) is 0 Å². The van der Waals surface area contributed by atoms with E-state index in [1.807, 2.05) is 66.4 Å². The summed E-state index contributed by atoms with van der Waals surface area (Å²) in [5, 5.41) is 3.17. The van der Waals surface area contributed by atoms with Gasteiger partial charge in [-0.3, -0.25) is 4.79 Å². The quantitative estimate of drug-likeness (QED) is 0.446. The zero-order valence-corrected chi connectivity index (χ0v) is 18.8. The van der Waals surface area contributed by atoms with Crippen LogP contribution in [0.5, 0.6) is 5.75 Å². The summed E-state index contributed by atoms with van der Waals surface area (Å²) >= 11 is 3.35. The topological polar surface area (TPSA) is 42.4 Å². The van der Waals surface area contributed by atoms with Crippen molar-refractivity contribution in [2.45, 2.75) is 30.4 Å². The number of benzene rings is 2. The third-order valence-corrected chi connectivity index (χ3v) is 7.12. The van der Waals surface area contributed by atoms with E-state index in [0.717, 1.165) is 58.6 Å². The van der Waals surface area contributed by atoms with Crippen molar-refractivity contribution in [1.29, 1.82) is 0 Å². The third kappa shape index (κ3) is 5.43. The van der Waals surface area contributed by atoms with Crippen LogP contribution in [0.15, 0.2) is 64.9 Å². The Morgan fingerprint density at radius 3 is 2.80 bits per heavy atom. The monoisotopic (exact) mass is 438 g/mol. The summed E-state index contributed by atoms with van der Waals surface area (Å²) in [6.45, 7) is 4.22. The van der Waals surface area contributed by atoms with Gasteiger partial charge in [0.25, 0.3) is 5.91 Å². The molecule has 0 radical (unpaired) electrons. The summed E-state index contributed by atoms with van der Waals surface area (Å²) in [5.74, 6) is 2.15. The number of hydrogen-bond acceptors (Lipinski definition) is 5. The number of nitrogens with zero attached hydrogens (tertiary/aromatic N) is 2. The smallest absolute Gasteiger partial charge is 0.255 e. The largest absolute Gasteiger partial charge is 0.493 e. The highest BCUT2D eigenvalue weighted by Gasteiger charge is 2.26. The summed E-state index contributed by atoms with van der Waals surface area (Å²) in [6.07, 6.45) is 2.11. The molecule has 0 spiro atoms. The van der Waals surface area contributed by atoms with Crippen LogP contribution in [-0.4, -0.2) is 35.5 Å². The molecular weight excluding hydrogens is 412 g/mol. The van der Waals surface area contributed by atoms with Gasteiger partial charge >= 0.3 is 0 Å². The van der Waals surface area contributed by atoms with E-state index in [2.05, 4.69) is 10.4 Å². The van der Waals surface area contributed by atoms with Crippen LogP contribution in [0, 0.1) is 12.8 Å². The lowest BCUT2D eigenvalue weighted by atomic mass is 9.98. The first-order valence-electron chi connectivity index (χ1n) is 10.3. The molecule has 4 nitrogen and oxygen atoms in total. The maximum atomic E-state index is 13.3. The summed E-state index contributed by atoms with van der Waals surface area (Å²) in [4.78, 5) is 20.9. The summed E-state index contributed by atoms with van der Waals surface area (Å²) in [7, 11) is 0. The Morgan fingerprint density at radius 2 is 2.00 bits per heavy atom. The maximum Gasteiger partial charge on any atom is 0.255 e. The van der Waals surface area contributed by atoms with Gasteiger partial charge in [0.15, 0.2) is 0 Å². The van der Waals surface area contributed by atoms with Crippen LogP contribution in [0.3, 0.4) is 0 Å². The summed E-state index contributed by atoms with van der Waals surface area (Å²) in [5.41, 5.74) is 1.86. The first-order chi connectivity index (χ1) is 14.7. The Kier molecular flexibility index (Phi) is 7.07. The molecule has 6 heteroatoms. The zero-order chi connectivity index (χ0) is 20.8. The van der Waals surface area contributed by atoms with Crippen LogP contribution >= 0.6 is 23.1 Å². The first-order valence-corrected chi connectivity index (χ1v) is 12.2. The van der Waals surface area contributed by atoms with Crippen LogP contribution in [0.1, 0.15) is 33.9 Å². The number of ether oxygens (including phenoxy) is 1. The average Bonchev–Trinajstić information content (AvgIpc) is 3.22. The van der Waals surface area contributed by atoms with Gasteiger partial charge in [0.05, 0.1) is 22.9 Å². The number of likely N-dealkylation sites (tertiary alicyclic amines) is 1. The molecule has 0 bridgehead atoms. The fourth-order valence-corrected chi connectivity index (χ4v) is 5.34. The number of rotatable bonds is 7. The molecular formula is C24H26N2O2S2. The molecule has 3 aromatic rings. The van der Waals surface area contributed by atoms with Gasteiger partial charge < -0.3 is 9.64 Å². The van der Waals surface area contributed by atoms with Crippen LogP contribution < -0.4 is 4.74 Å². The Hall–Kier alpha value is -2.31. The maximum absolute atomic E-state index is 13.3. The molecule has 1 atom stereocenters. The van der Waals surface area contributed by atoms with Gasteiger partial charge in [-0.05, 0) is 44.0 Å². The third-order valence-electron chi connectivity index (χ3n) is 5.19. The van der Waals surface area contributed by atoms with Gasteiger partial charge in [-0.25, -0.2) is 4.98 Å². The standard InChI is InChI=1S/C24H26N2O2S2/c1-18-25-20(16-29-18)17-30-23-12-6-5-11-22(23)24(27)26-13-7-8-19(14-26)15-28-21-9-3-2-4-10-21/h2-6,9-12,16,19H,7-8,13-15,17H2,1H3. The van der Waals surface area contributed by atoms with E-state index in [-0.39, 0.29) is 5.91 Å². The van der Waals surface area contributed by atoms with E-state index in [1.54, 1.807) is 23.1 Å². The second kappa shape index (κ2) is 10.1. The molecule has 0 N–H and O–H groups in total. The van der Waals surface area contributed by atoms with Gasteiger partial charge in [0.2, 0.25) is 0 Å². The van der Waals surface area contributed by atoms with Crippen molar-refractivity contribution in [2.75, 3.05) is 19.7 Å². The number of piperidine rings is 1.